The van der Waals surface area contributed by atoms with E-state index >= 15 is 0 Å². The summed E-state index contributed by atoms with van der Waals surface area (Å²) >= 11 is 1.59. The second-order valence-corrected chi connectivity index (χ2v) is 9.89. The zero-order valence-electron chi connectivity index (χ0n) is 21.7. The van der Waals surface area contributed by atoms with Gasteiger partial charge in [0.25, 0.3) is 11.8 Å². The number of aryl methyl sites for hydroxylation is 1. The van der Waals surface area contributed by atoms with Crippen LogP contribution in [0.2, 0.25) is 0 Å². The fourth-order valence-electron chi connectivity index (χ4n) is 3.89. The van der Waals surface area contributed by atoms with Crippen LogP contribution in [0.4, 0.5) is 5.69 Å². The normalized spacial score (nSPS) is 11.2. The summed E-state index contributed by atoms with van der Waals surface area (Å²) in [5.41, 5.74) is 3.94. The number of anilines is 1. The third kappa shape index (κ3) is 6.69. The molecular weight excluding hydrogens is 520 g/mol. The van der Waals surface area contributed by atoms with Gasteiger partial charge in [0.2, 0.25) is 0 Å². The molecule has 0 bridgehead atoms. The van der Waals surface area contributed by atoms with Crippen molar-refractivity contribution >= 4 is 35.3 Å². The molecule has 40 heavy (non-hydrogen) atoms. The number of rotatable bonds is 9. The molecule has 8 nitrogen and oxygen atoms in total. The zero-order valence-corrected chi connectivity index (χ0v) is 22.5. The second-order valence-electron chi connectivity index (χ2n) is 8.84. The summed E-state index contributed by atoms with van der Waals surface area (Å²) in [5.74, 6) is 0.520. The number of nitrogens with one attached hydrogen (secondary N) is 2. The molecule has 1 heterocycles. The van der Waals surface area contributed by atoms with Crippen molar-refractivity contribution < 1.29 is 9.59 Å². The summed E-state index contributed by atoms with van der Waals surface area (Å²) in [7, 11) is 0. The van der Waals surface area contributed by atoms with Crippen molar-refractivity contribution in [3.05, 3.63) is 137 Å². The van der Waals surface area contributed by atoms with E-state index in [9.17, 15) is 9.59 Å². The quantitative estimate of drug-likeness (QED) is 0.182. The average Bonchev–Trinajstić information content (AvgIpc) is 3.47. The van der Waals surface area contributed by atoms with E-state index in [-0.39, 0.29) is 11.6 Å². The lowest BCUT2D eigenvalue weighted by Gasteiger charge is -2.12. The molecule has 0 spiro atoms. The summed E-state index contributed by atoms with van der Waals surface area (Å²) in [4.78, 5) is 27.2. The minimum Gasteiger partial charge on any atom is -0.321 e. The molecule has 5 aromatic rings. The van der Waals surface area contributed by atoms with Crippen molar-refractivity contribution in [2.75, 3.05) is 5.32 Å². The number of para-hydroxylation sites is 1. The van der Waals surface area contributed by atoms with Crippen molar-refractivity contribution in [3.8, 4) is 5.69 Å². The predicted molar refractivity (Wildman–Crippen MR) is 157 cm³/mol. The molecular formula is C31H26N6O2S. The van der Waals surface area contributed by atoms with Crippen LogP contribution in [0.25, 0.3) is 11.8 Å². The molecule has 9 heteroatoms. The van der Waals surface area contributed by atoms with Crippen molar-refractivity contribution in [2.45, 2.75) is 17.6 Å². The van der Waals surface area contributed by atoms with Crippen molar-refractivity contribution in [3.63, 3.8) is 0 Å². The van der Waals surface area contributed by atoms with Crippen LogP contribution in [0.1, 0.15) is 27.3 Å². The molecule has 0 radical (unpaired) electrons. The van der Waals surface area contributed by atoms with Crippen LogP contribution in [-0.2, 0) is 10.5 Å². The van der Waals surface area contributed by atoms with Gasteiger partial charge in [0.1, 0.15) is 5.70 Å². The van der Waals surface area contributed by atoms with E-state index < -0.39 is 5.91 Å². The number of hydrogen-bond acceptors (Lipinski definition) is 6. The number of hydrogen-bond donors (Lipinski definition) is 2. The Bertz CT molecular complexity index is 1630. The first-order valence-electron chi connectivity index (χ1n) is 12.6. The van der Waals surface area contributed by atoms with Gasteiger partial charge >= 0.3 is 0 Å². The molecule has 4 aromatic carbocycles. The highest BCUT2D eigenvalue weighted by Crippen LogP contribution is 2.24. The highest BCUT2D eigenvalue weighted by Gasteiger charge is 2.16. The Morgan fingerprint density at radius 1 is 0.850 bits per heavy atom. The van der Waals surface area contributed by atoms with Crippen LogP contribution in [0.5, 0.6) is 0 Å². The van der Waals surface area contributed by atoms with E-state index in [4.69, 9.17) is 0 Å². The number of thioether (sulfide) groups is 1. The molecule has 198 valence electrons. The summed E-state index contributed by atoms with van der Waals surface area (Å²) in [6.45, 7) is 1.95. The predicted octanol–water partition coefficient (Wildman–Crippen LogP) is 5.67. The van der Waals surface area contributed by atoms with E-state index in [1.807, 2.05) is 91.9 Å². The Morgan fingerprint density at radius 3 is 2.25 bits per heavy atom. The third-order valence-electron chi connectivity index (χ3n) is 6.03. The van der Waals surface area contributed by atoms with Gasteiger partial charge in [0, 0.05) is 16.1 Å². The maximum absolute atomic E-state index is 13.3. The molecule has 1 aromatic heterocycles. The molecule has 0 unspecified atom stereocenters. The van der Waals surface area contributed by atoms with E-state index in [0.717, 1.165) is 27.5 Å². The Balaban J connectivity index is 1.27. The smallest absolute Gasteiger partial charge is 0.272 e. The lowest BCUT2D eigenvalue weighted by atomic mass is 10.1. The Kier molecular flexibility index (Phi) is 8.43. The summed E-state index contributed by atoms with van der Waals surface area (Å²) in [5, 5.41) is 17.7. The molecule has 5 rings (SSSR count). The lowest BCUT2D eigenvalue weighted by Crippen LogP contribution is -2.30. The summed E-state index contributed by atoms with van der Waals surface area (Å²) in [6.07, 6.45) is 1.69. The van der Waals surface area contributed by atoms with Crippen LogP contribution >= 0.6 is 11.8 Å². The van der Waals surface area contributed by atoms with Crippen molar-refractivity contribution in [1.29, 1.82) is 0 Å². The Morgan fingerprint density at radius 2 is 1.52 bits per heavy atom. The van der Waals surface area contributed by atoms with Gasteiger partial charge in [-0.1, -0.05) is 60.7 Å². The number of carbonyl (C=O) groups is 2. The van der Waals surface area contributed by atoms with Gasteiger partial charge in [-0.3, -0.25) is 9.59 Å². The van der Waals surface area contributed by atoms with Gasteiger partial charge in [-0.05, 0) is 83.1 Å². The number of nitrogens with zero attached hydrogens (tertiary/aromatic N) is 4. The maximum atomic E-state index is 13.3. The monoisotopic (exact) mass is 546 g/mol. The van der Waals surface area contributed by atoms with E-state index in [1.165, 1.54) is 0 Å². The van der Waals surface area contributed by atoms with E-state index in [0.29, 0.717) is 17.0 Å². The topological polar surface area (TPSA) is 102 Å². The molecule has 2 amide bonds. The van der Waals surface area contributed by atoms with Crippen LogP contribution in [0.3, 0.4) is 0 Å². The molecule has 0 aliphatic heterocycles. The highest BCUT2D eigenvalue weighted by molar-refractivity contribution is 7.98. The first-order chi connectivity index (χ1) is 19.6. The third-order valence-corrected chi connectivity index (χ3v) is 7.04. The molecule has 0 saturated carbocycles. The summed E-state index contributed by atoms with van der Waals surface area (Å²) < 4.78 is 1.72. The fourth-order valence-corrected chi connectivity index (χ4v) is 4.70. The molecule has 0 atom stereocenters. The first kappa shape index (κ1) is 26.6. The second kappa shape index (κ2) is 12.7. The molecule has 0 fully saturated rings. The molecule has 0 saturated heterocycles. The zero-order chi connectivity index (χ0) is 27.7. The minimum atomic E-state index is -0.421. The number of tetrazole rings is 1. The van der Waals surface area contributed by atoms with Gasteiger partial charge in [-0.2, -0.15) is 4.68 Å². The van der Waals surface area contributed by atoms with Crippen LogP contribution in [0.15, 0.2) is 120 Å². The first-order valence-corrected chi connectivity index (χ1v) is 13.6. The van der Waals surface area contributed by atoms with Gasteiger partial charge in [-0.25, -0.2) is 0 Å². The van der Waals surface area contributed by atoms with Gasteiger partial charge in [-0.15, -0.1) is 16.9 Å². The molecule has 2 N–H and O–H groups in total. The minimum absolute atomic E-state index is 0.148. The van der Waals surface area contributed by atoms with E-state index in [2.05, 4.69) is 26.2 Å². The highest BCUT2D eigenvalue weighted by atomic mass is 32.2. The Hall–Kier alpha value is -5.02. The van der Waals surface area contributed by atoms with Crippen LogP contribution < -0.4 is 10.6 Å². The molecule has 0 aliphatic rings. The van der Waals surface area contributed by atoms with Crippen molar-refractivity contribution in [1.82, 2.24) is 25.5 Å². The van der Waals surface area contributed by atoms with Gasteiger partial charge in [0.15, 0.2) is 5.82 Å². The largest absolute Gasteiger partial charge is 0.321 e. The average molecular weight is 547 g/mol. The summed E-state index contributed by atoms with van der Waals surface area (Å²) in [6, 6.07) is 33.7. The number of aromatic nitrogens is 4. The fraction of sp³-hybridized carbons (Fsp3) is 0.0645. The van der Waals surface area contributed by atoms with Crippen LogP contribution in [-0.4, -0.2) is 32.0 Å². The molecule has 0 aliphatic carbocycles. The van der Waals surface area contributed by atoms with E-state index in [1.54, 1.807) is 46.8 Å². The standard InChI is InChI=1S/C31H26N6O2S/c1-22-10-8-9-13-24(22)20-28(33-30(38)23-11-4-2-5-12-23)31(39)32-25-16-18-27(19-17-25)40-21-29-34-35-36-37(29)26-14-6-3-7-15-26/h2-20H,21H2,1H3,(H,32,39)(H,33,38)/b28-20-. The van der Waals surface area contributed by atoms with Gasteiger partial charge in [0.05, 0.1) is 11.4 Å². The number of amides is 2. The SMILES string of the molecule is Cc1ccccc1/C=C(\NC(=O)c1ccccc1)C(=O)Nc1ccc(SCc2nnnn2-c2ccccc2)cc1. The van der Waals surface area contributed by atoms with Crippen molar-refractivity contribution in [2.24, 2.45) is 0 Å². The number of benzene rings is 4. The maximum Gasteiger partial charge on any atom is 0.272 e. The number of carbonyl (C=O) groups excluding carboxylic acids is 2. The van der Waals surface area contributed by atoms with Gasteiger partial charge < -0.3 is 10.6 Å². The lowest BCUT2D eigenvalue weighted by molar-refractivity contribution is -0.113. The van der Waals surface area contributed by atoms with Crippen LogP contribution in [0, 0.1) is 6.92 Å². The Labute approximate surface area is 236 Å².